The molecule has 8 heteroatoms. The summed E-state index contributed by atoms with van der Waals surface area (Å²) in [7, 11) is 1.82. The first-order valence-electron chi connectivity index (χ1n) is 9.01. The van der Waals surface area contributed by atoms with E-state index in [2.05, 4.69) is 36.4 Å². The van der Waals surface area contributed by atoms with E-state index in [0.29, 0.717) is 6.61 Å². The summed E-state index contributed by atoms with van der Waals surface area (Å²) in [5.74, 6) is 2.75. The van der Waals surface area contributed by atoms with E-state index in [9.17, 15) is 0 Å². The number of para-hydroxylation sites is 1. The minimum Gasteiger partial charge on any atom is -0.492 e. The second kappa shape index (κ2) is 9.38. The van der Waals surface area contributed by atoms with Gasteiger partial charge in [-0.3, -0.25) is 4.99 Å². The van der Waals surface area contributed by atoms with Gasteiger partial charge in [-0.1, -0.05) is 25.1 Å². The van der Waals surface area contributed by atoms with Crippen LogP contribution in [0.3, 0.4) is 0 Å². The van der Waals surface area contributed by atoms with Gasteiger partial charge in [0.2, 0.25) is 5.13 Å². The second-order valence-corrected chi connectivity index (χ2v) is 6.69. The fourth-order valence-electron chi connectivity index (χ4n) is 2.81. The first kappa shape index (κ1) is 18.4. The summed E-state index contributed by atoms with van der Waals surface area (Å²) in [5.41, 5.74) is 0. The number of aliphatic imine (C=N–C) groups is 1. The minimum absolute atomic E-state index is 0.605. The highest BCUT2D eigenvalue weighted by Gasteiger charge is 2.21. The van der Waals surface area contributed by atoms with Gasteiger partial charge in [0, 0.05) is 51.2 Å². The Morgan fingerprint density at radius 1 is 1.23 bits per heavy atom. The highest BCUT2D eigenvalue weighted by molar-refractivity contribution is 7.09. The number of piperazine rings is 1. The molecule has 0 radical (unpaired) electrons. The van der Waals surface area contributed by atoms with Gasteiger partial charge in [-0.2, -0.15) is 4.37 Å². The number of hydrogen-bond donors (Lipinski definition) is 1. The van der Waals surface area contributed by atoms with Crippen molar-refractivity contribution in [2.75, 3.05) is 51.3 Å². The molecule has 1 aliphatic heterocycles. The molecule has 26 heavy (non-hydrogen) atoms. The zero-order chi connectivity index (χ0) is 18.2. The molecule has 7 nitrogen and oxygen atoms in total. The molecule has 0 atom stereocenters. The van der Waals surface area contributed by atoms with Crippen molar-refractivity contribution in [3.8, 4) is 5.75 Å². The second-order valence-electron chi connectivity index (χ2n) is 5.96. The maximum atomic E-state index is 5.72. The van der Waals surface area contributed by atoms with Crippen molar-refractivity contribution < 1.29 is 4.74 Å². The lowest BCUT2D eigenvalue weighted by molar-refractivity contribution is 0.315. The lowest BCUT2D eigenvalue weighted by Crippen LogP contribution is -2.53. The zero-order valence-electron chi connectivity index (χ0n) is 15.4. The number of guanidine groups is 1. The molecule has 0 amide bonds. The van der Waals surface area contributed by atoms with Gasteiger partial charge >= 0.3 is 0 Å². The van der Waals surface area contributed by atoms with Crippen LogP contribution >= 0.6 is 11.5 Å². The molecule has 0 spiro atoms. The molecule has 2 aromatic rings. The van der Waals surface area contributed by atoms with E-state index in [1.165, 1.54) is 11.5 Å². The molecule has 1 N–H and O–H groups in total. The van der Waals surface area contributed by atoms with Crippen molar-refractivity contribution >= 4 is 22.6 Å². The van der Waals surface area contributed by atoms with Crippen LogP contribution in [0.4, 0.5) is 5.13 Å². The SMILES string of the molecule is CCc1nsc(N2CCN(C(=NC)NCCOc3ccccc3)CC2)n1. The molecule has 1 aromatic heterocycles. The van der Waals surface area contributed by atoms with Crippen molar-refractivity contribution in [2.45, 2.75) is 13.3 Å². The van der Waals surface area contributed by atoms with Gasteiger partial charge in [0.05, 0.1) is 6.54 Å². The molecule has 1 aromatic carbocycles. The molecule has 0 saturated carbocycles. The van der Waals surface area contributed by atoms with Crippen molar-refractivity contribution in [3.63, 3.8) is 0 Å². The molecular formula is C18H26N6OS. The zero-order valence-corrected chi connectivity index (χ0v) is 16.2. The van der Waals surface area contributed by atoms with E-state index in [4.69, 9.17) is 4.74 Å². The summed E-state index contributed by atoms with van der Waals surface area (Å²) in [6.07, 6.45) is 0.887. The monoisotopic (exact) mass is 374 g/mol. The predicted molar refractivity (Wildman–Crippen MR) is 106 cm³/mol. The Labute approximate surface area is 158 Å². The molecule has 1 saturated heterocycles. The Balaban J connectivity index is 1.42. The molecule has 140 valence electrons. The van der Waals surface area contributed by atoms with Gasteiger partial charge in [-0.25, -0.2) is 4.98 Å². The van der Waals surface area contributed by atoms with Gasteiger partial charge in [0.15, 0.2) is 5.96 Å². The third kappa shape index (κ3) is 4.85. The minimum atomic E-state index is 0.605. The lowest BCUT2D eigenvalue weighted by atomic mass is 10.3. The number of hydrogen-bond acceptors (Lipinski definition) is 6. The van der Waals surface area contributed by atoms with Crippen LogP contribution < -0.4 is 15.0 Å². The van der Waals surface area contributed by atoms with Crippen LogP contribution in [-0.4, -0.2) is 66.6 Å². The summed E-state index contributed by atoms with van der Waals surface area (Å²) in [5, 5.41) is 4.41. The molecule has 1 fully saturated rings. The van der Waals surface area contributed by atoms with E-state index in [-0.39, 0.29) is 0 Å². The Bertz CT molecular complexity index is 697. The fraction of sp³-hybridized carbons (Fsp3) is 0.500. The third-order valence-electron chi connectivity index (χ3n) is 4.23. The molecule has 1 aliphatic rings. The van der Waals surface area contributed by atoms with Gasteiger partial charge in [0.1, 0.15) is 18.2 Å². The first-order valence-corrected chi connectivity index (χ1v) is 9.78. The molecule has 0 unspecified atom stereocenters. The largest absolute Gasteiger partial charge is 0.492 e. The molecular weight excluding hydrogens is 348 g/mol. The van der Waals surface area contributed by atoms with Crippen LogP contribution in [-0.2, 0) is 6.42 Å². The van der Waals surface area contributed by atoms with Crippen LogP contribution in [0.5, 0.6) is 5.75 Å². The Morgan fingerprint density at radius 2 is 2.00 bits per heavy atom. The average Bonchev–Trinajstić information content (AvgIpc) is 3.18. The summed E-state index contributed by atoms with van der Waals surface area (Å²) >= 11 is 1.49. The molecule has 3 rings (SSSR count). The number of nitrogens with one attached hydrogen (secondary N) is 1. The molecule has 2 heterocycles. The summed E-state index contributed by atoms with van der Waals surface area (Å²) < 4.78 is 10.1. The van der Waals surface area contributed by atoms with Crippen molar-refractivity contribution in [1.29, 1.82) is 0 Å². The number of anilines is 1. The first-order chi connectivity index (χ1) is 12.8. The highest BCUT2D eigenvalue weighted by Crippen LogP contribution is 2.19. The Morgan fingerprint density at radius 3 is 2.65 bits per heavy atom. The van der Waals surface area contributed by atoms with E-state index in [1.54, 1.807) is 0 Å². The van der Waals surface area contributed by atoms with E-state index in [1.807, 2.05) is 37.4 Å². The topological polar surface area (TPSA) is 65.9 Å². The van der Waals surface area contributed by atoms with E-state index in [0.717, 1.165) is 61.8 Å². The Kier molecular flexibility index (Phi) is 6.65. The van der Waals surface area contributed by atoms with Crippen molar-refractivity contribution in [2.24, 2.45) is 4.99 Å². The van der Waals surface area contributed by atoms with Crippen LogP contribution in [0, 0.1) is 0 Å². The third-order valence-corrected chi connectivity index (χ3v) is 5.05. The van der Waals surface area contributed by atoms with Gasteiger partial charge in [0.25, 0.3) is 0 Å². The average molecular weight is 375 g/mol. The number of nitrogens with zero attached hydrogens (tertiary/aromatic N) is 5. The maximum Gasteiger partial charge on any atom is 0.205 e. The van der Waals surface area contributed by atoms with Crippen LogP contribution in [0.15, 0.2) is 35.3 Å². The molecule has 0 aliphatic carbocycles. The Hall–Kier alpha value is -2.35. The van der Waals surface area contributed by atoms with Crippen LogP contribution in [0.1, 0.15) is 12.7 Å². The van der Waals surface area contributed by atoms with Crippen LogP contribution in [0.2, 0.25) is 0 Å². The van der Waals surface area contributed by atoms with Gasteiger partial charge < -0.3 is 19.9 Å². The summed E-state index contributed by atoms with van der Waals surface area (Å²) in [6.45, 7) is 7.10. The van der Waals surface area contributed by atoms with Crippen LogP contribution in [0.25, 0.3) is 0 Å². The number of rotatable bonds is 6. The van der Waals surface area contributed by atoms with Crippen molar-refractivity contribution in [1.82, 2.24) is 19.6 Å². The summed E-state index contributed by atoms with van der Waals surface area (Å²) in [4.78, 5) is 13.6. The van der Waals surface area contributed by atoms with E-state index >= 15 is 0 Å². The van der Waals surface area contributed by atoms with E-state index < -0.39 is 0 Å². The lowest BCUT2D eigenvalue weighted by Gasteiger charge is -2.36. The standard InChI is InChI=1S/C18H26N6OS/c1-3-16-21-18(26-22-16)24-12-10-23(11-13-24)17(19-2)20-9-14-25-15-7-5-4-6-8-15/h4-8H,3,9-14H2,1-2H3,(H,19,20). The highest BCUT2D eigenvalue weighted by atomic mass is 32.1. The maximum absolute atomic E-state index is 5.72. The fourth-order valence-corrected chi connectivity index (χ4v) is 3.61. The molecule has 0 bridgehead atoms. The number of aryl methyl sites for hydroxylation is 1. The summed E-state index contributed by atoms with van der Waals surface area (Å²) in [6, 6.07) is 9.86. The number of ether oxygens (including phenoxy) is 1. The van der Waals surface area contributed by atoms with Gasteiger partial charge in [-0.15, -0.1) is 0 Å². The number of benzene rings is 1. The van der Waals surface area contributed by atoms with Crippen molar-refractivity contribution in [3.05, 3.63) is 36.2 Å². The number of aromatic nitrogens is 2. The van der Waals surface area contributed by atoms with Gasteiger partial charge in [-0.05, 0) is 12.1 Å². The smallest absolute Gasteiger partial charge is 0.205 e. The predicted octanol–water partition coefficient (Wildman–Crippen LogP) is 1.88. The quantitative estimate of drug-likeness (QED) is 0.473. The normalized spacial score (nSPS) is 15.2.